The van der Waals surface area contributed by atoms with E-state index in [1.165, 1.54) is 0 Å². The van der Waals surface area contributed by atoms with Crippen LogP contribution in [0.5, 0.6) is 5.75 Å². The lowest BCUT2D eigenvalue weighted by atomic mass is 9.95. The highest BCUT2D eigenvalue weighted by Gasteiger charge is 2.23. The normalized spacial score (nSPS) is 14.2. The molecule has 1 amide bonds. The van der Waals surface area contributed by atoms with E-state index in [9.17, 15) is 4.79 Å². The van der Waals surface area contributed by atoms with Gasteiger partial charge in [-0.1, -0.05) is 26.8 Å². The summed E-state index contributed by atoms with van der Waals surface area (Å²) in [5, 5.41) is 2.96. The second-order valence-corrected chi connectivity index (χ2v) is 5.08. The average molecular weight is 219 g/mol. The first-order chi connectivity index (χ1) is 7.48. The quantitative estimate of drug-likeness (QED) is 0.788. The van der Waals surface area contributed by atoms with Crippen molar-refractivity contribution in [2.45, 2.75) is 27.2 Å². The van der Waals surface area contributed by atoms with Crippen LogP contribution in [0.4, 0.5) is 5.69 Å². The van der Waals surface area contributed by atoms with Crippen LogP contribution in [0, 0.1) is 5.41 Å². The van der Waals surface area contributed by atoms with Crippen LogP contribution in [0.3, 0.4) is 0 Å². The van der Waals surface area contributed by atoms with Gasteiger partial charge in [-0.05, 0) is 12.1 Å². The number of amides is 1. The minimum Gasteiger partial charge on any atom is -0.493 e. The highest BCUT2D eigenvalue weighted by molar-refractivity contribution is 5.95. The van der Waals surface area contributed by atoms with Gasteiger partial charge in [-0.25, -0.2) is 0 Å². The van der Waals surface area contributed by atoms with Crippen LogP contribution in [0.15, 0.2) is 18.2 Å². The van der Waals surface area contributed by atoms with E-state index >= 15 is 0 Å². The van der Waals surface area contributed by atoms with Gasteiger partial charge in [0.2, 0.25) is 5.91 Å². The van der Waals surface area contributed by atoms with Crippen molar-refractivity contribution in [3.8, 4) is 5.75 Å². The number of carbonyl (C=O) groups is 1. The Hall–Kier alpha value is -1.51. The van der Waals surface area contributed by atoms with Crippen molar-refractivity contribution in [2.75, 3.05) is 11.9 Å². The number of ether oxygens (including phenoxy) is 1. The van der Waals surface area contributed by atoms with Gasteiger partial charge in [-0.2, -0.15) is 0 Å². The fraction of sp³-hybridized carbons (Fsp3) is 0.462. The third kappa shape index (κ3) is 2.03. The molecule has 0 saturated carbocycles. The van der Waals surface area contributed by atoms with E-state index in [1.807, 2.05) is 39.0 Å². The first-order valence-electron chi connectivity index (χ1n) is 5.54. The number of rotatable bonds is 1. The highest BCUT2D eigenvalue weighted by Crippen LogP contribution is 2.32. The maximum absolute atomic E-state index is 11.9. The fourth-order valence-corrected chi connectivity index (χ4v) is 1.65. The smallest absolute Gasteiger partial charge is 0.229 e. The summed E-state index contributed by atoms with van der Waals surface area (Å²) in [5.74, 6) is 0.930. The van der Waals surface area contributed by atoms with Crippen molar-refractivity contribution in [3.63, 3.8) is 0 Å². The summed E-state index contributed by atoms with van der Waals surface area (Å²) in [6.45, 7) is 6.42. The van der Waals surface area contributed by atoms with Crippen LogP contribution < -0.4 is 10.1 Å². The molecule has 0 spiro atoms. The molecule has 0 aromatic heterocycles. The number of hydrogen-bond donors (Lipinski definition) is 1. The van der Waals surface area contributed by atoms with Crippen molar-refractivity contribution in [3.05, 3.63) is 23.8 Å². The Balaban J connectivity index is 2.23. The molecule has 86 valence electrons. The van der Waals surface area contributed by atoms with E-state index in [0.717, 1.165) is 23.4 Å². The predicted octanol–water partition coefficient (Wildman–Crippen LogP) is 2.61. The number of carbonyl (C=O) groups excluding carboxylic acids is 1. The molecular formula is C13H17NO2. The Morgan fingerprint density at radius 3 is 2.81 bits per heavy atom. The summed E-state index contributed by atoms with van der Waals surface area (Å²) >= 11 is 0. The van der Waals surface area contributed by atoms with Gasteiger partial charge in [0.1, 0.15) is 5.75 Å². The van der Waals surface area contributed by atoms with E-state index in [4.69, 9.17) is 4.74 Å². The molecule has 1 aliphatic heterocycles. The SMILES string of the molecule is CC(C)(C)C(=O)Nc1cccc2c1CCO2. The number of benzene rings is 1. The van der Waals surface area contributed by atoms with Crippen molar-refractivity contribution in [2.24, 2.45) is 5.41 Å². The van der Waals surface area contributed by atoms with Crippen molar-refractivity contribution in [1.29, 1.82) is 0 Å². The maximum atomic E-state index is 11.9. The fourth-order valence-electron chi connectivity index (χ4n) is 1.65. The molecule has 0 fully saturated rings. The molecule has 0 radical (unpaired) electrons. The molecule has 0 aliphatic carbocycles. The molecule has 1 aromatic carbocycles. The Morgan fingerprint density at radius 2 is 2.12 bits per heavy atom. The second-order valence-electron chi connectivity index (χ2n) is 5.08. The summed E-state index contributed by atoms with van der Waals surface area (Å²) in [6, 6.07) is 5.77. The van der Waals surface area contributed by atoms with E-state index in [2.05, 4.69) is 5.32 Å². The zero-order valence-corrected chi connectivity index (χ0v) is 9.96. The largest absolute Gasteiger partial charge is 0.493 e. The van der Waals surface area contributed by atoms with Crippen molar-refractivity contribution >= 4 is 11.6 Å². The summed E-state index contributed by atoms with van der Waals surface area (Å²) < 4.78 is 5.45. The van der Waals surface area contributed by atoms with Crippen LogP contribution in [-0.2, 0) is 11.2 Å². The highest BCUT2D eigenvalue weighted by atomic mass is 16.5. The van der Waals surface area contributed by atoms with Gasteiger partial charge in [0.05, 0.1) is 6.61 Å². The Morgan fingerprint density at radius 1 is 1.38 bits per heavy atom. The standard InChI is InChI=1S/C13H17NO2/c1-13(2,3)12(15)14-10-5-4-6-11-9(10)7-8-16-11/h4-6H,7-8H2,1-3H3,(H,14,15). The molecule has 1 aromatic rings. The number of fused-ring (bicyclic) bond motifs is 1. The number of nitrogens with one attached hydrogen (secondary N) is 1. The second kappa shape index (κ2) is 3.81. The first-order valence-corrected chi connectivity index (χ1v) is 5.54. The lowest BCUT2D eigenvalue weighted by Gasteiger charge is -2.18. The van der Waals surface area contributed by atoms with Gasteiger partial charge < -0.3 is 10.1 Å². The lowest BCUT2D eigenvalue weighted by molar-refractivity contribution is -0.123. The van der Waals surface area contributed by atoms with Crippen LogP contribution in [0.2, 0.25) is 0 Å². The van der Waals surface area contributed by atoms with Crippen molar-refractivity contribution < 1.29 is 9.53 Å². The van der Waals surface area contributed by atoms with Gasteiger partial charge >= 0.3 is 0 Å². The van der Waals surface area contributed by atoms with Gasteiger partial charge in [0.25, 0.3) is 0 Å². The topological polar surface area (TPSA) is 38.3 Å². The summed E-state index contributed by atoms with van der Waals surface area (Å²) in [6.07, 6.45) is 0.871. The molecule has 0 atom stereocenters. The van der Waals surface area contributed by atoms with Crippen LogP contribution in [-0.4, -0.2) is 12.5 Å². The van der Waals surface area contributed by atoms with E-state index < -0.39 is 0 Å². The third-order valence-electron chi connectivity index (χ3n) is 2.67. The molecule has 3 heteroatoms. The third-order valence-corrected chi connectivity index (χ3v) is 2.67. The Labute approximate surface area is 95.8 Å². The maximum Gasteiger partial charge on any atom is 0.229 e. The molecule has 1 aliphatic rings. The van der Waals surface area contributed by atoms with Gasteiger partial charge in [-0.3, -0.25) is 4.79 Å². The molecule has 1 heterocycles. The Bertz CT molecular complexity index is 418. The molecule has 16 heavy (non-hydrogen) atoms. The van der Waals surface area contributed by atoms with Crippen LogP contribution >= 0.6 is 0 Å². The monoisotopic (exact) mass is 219 g/mol. The van der Waals surface area contributed by atoms with E-state index in [0.29, 0.717) is 6.61 Å². The van der Waals surface area contributed by atoms with E-state index in [1.54, 1.807) is 0 Å². The summed E-state index contributed by atoms with van der Waals surface area (Å²) in [5.41, 5.74) is 1.62. The minimum atomic E-state index is -0.373. The lowest BCUT2D eigenvalue weighted by Crippen LogP contribution is -2.27. The molecular weight excluding hydrogens is 202 g/mol. The average Bonchev–Trinajstić information content (AvgIpc) is 2.65. The summed E-state index contributed by atoms with van der Waals surface area (Å²) in [7, 11) is 0. The number of hydrogen-bond acceptors (Lipinski definition) is 2. The van der Waals surface area contributed by atoms with Gasteiger partial charge in [0.15, 0.2) is 0 Å². The molecule has 1 N–H and O–H groups in total. The zero-order valence-electron chi connectivity index (χ0n) is 9.96. The first kappa shape index (κ1) is 11.0. The molecule has 0 unspecified atom stereocenters. The van der Waals surface area contributed by atoms with Crippen LogP contribution in [0.25, 0.3) is 0 Å². The predicted molar refractivity (Wildman–Crippen MR) is 63.7 cm³/mol. The summed E-state index contributed by atoms with van der Waals surface area (Å²) in [4.78, 5) is 11.9. The zero-order chi connectivity index (χ0) is 11.8. The minimum absolute atomic E-state index is 0.0350. The number of anilines is 1. The molecule has 3 nitrogen and oxygen atoms in total. The molecule has 0 saturated heterocycles. The molecule has 2 rings (SSSR count). The Kier molecular flexibility index (Phi) is 2.62. The van der Waals surface area contributed by atoms with Crippen LogP contribution in [0.1, 0.15) is 26.3 Å². The van der Waals surface area contributed by atoms with Gasteiger partial charge in [0, 0.05) is 23.1 Å². The van der Waals surface area contributed by atoms with Gasteiger partial charge in [-0.15, -0.1) is 0 Å². The van der Waals surface area contributed by atoms with Crippen molar-refractivity contribution in [1.82, 2.24) is 0 Å². The molecule has 0 bridgehead atoms. The van der Waals surface area contributed by atoms with E-state index in [-0.39, 0.29) is 11.3 Å².